The quantitative estimate of drug-likeness (QED) is 0.224. The molecule has 1 fully saturated rings. The first kappa shape index (κ1) is 21.8. The third kappa shape index (κ3) is 6.06. The van der Waals surface area contributed by atoms with Gasteiger partial charge in [0.15, 0.2) is 5.82 Å². The van der Waals surface area contributed by atoms with Crippen molar-refractivity contribution in [3.05, 3.63) is 58.4 Å². The van der Waals surface area contributed by atoms with Crippen LogP contribution < -0.4 is 4.90 Å². The summed E-state index contributed by atoms with van der Waals surface area (Å²) in [4.78, 5) is 14.9. The number of hydrogen-bond acceptors (Lipinski definition) is 6. The Morgan fingerprint density at radius 2 is 1.73 bits per heavy atom. The van der Waals surface area contributed by atoms with Gasteiger partial charge in [0.1, 0.15) is 5.69 Å². The zero-order valence-electron chi connectivity index (χ0n) is 17.3. The molecule has 0 aliphatic carbocycles. The molecule has 3 rings (SSSR count). The Morgan fingerprint density at radius 3 is 2.37 bits per heavy atom. The van der Waals surface area contributed by atoms with Crippen molar-refractivity contribution < 1.29 is 9.31 Å². The fourth-order valence-electron chi connectivity index (χ4n) is 3.52. The van der Waals surface area contributed by atoms with E-state index in [1.54, 1.807) is 6.07 Å². The van der Waals surface area contributed by atoms with E-state index in [0.29, 0.717) is 5.69 Å². The van der Waals surface area contributed by atoms with Crippen LogP contribution in [0.4, 0.5) is 27.1 Å². The second-order valence-corrected chi connectivity index (χ2v) is 7.50. The Bertz CT molecular complexity index is 864. The van der Waals surface area contributed by atoms with Gasteiger partial charge in [0.05, 0.1) is 10.6 Å². The molecule has 0 saturated carbocycles. The Morgan fingerprint density at radius 1 is 1.00 bits per heavy atom. The molecule has 2 aromatic carbocycles. The summed E-state index contributed by atoms with van der Waals surface area (Å²) in [5.74, 6) is -0.430. The van der Waals surface area contributed by atoms with E-state index in [1.165, 1.54) is 56.0 Å². The van der Waals surface area contributed by atoms with Gasteiger partial charge in [-0.3, -0.25) is 15.0 Å². The normalized spacial score (nSPS) is 15.1. The molecule has 0 radical (unpaired) electrons. The molecule has 0 atom stereocenters. The molecule has 1 aliphatic heterocycles. The highest BCUT2D eigenvalue weighted by molar-refractivity contribution is 5.54. The minimum absolute atomic E-state index is 0.0226. The van der Waals surface area contributed by atoms with Crippen molar-refractivity contribution in [1.29, 1.82) is 0 Å². The van der Waals surface area contributed by atoms with Gasteiger partial charge in [-0.25, -0.2) is 4.39 Å². The summed E-state index contributed by atoms with van der Waals surface area (Å²) in [5, 5.41) is 18.6. The predicted molar refractivity (Wildman–Crippen MR) is 116 cm³/mol. The summed E-state index contributed by atoms with van der Waals surface area (Å²) in [5.41, 5.74) is 1.41. The van der Waals surface area contributed by atoms with E-state index in [-0.39, 0.29) is 11.4 Å². The first-order valence-corrected chi connectivity index (χ1v) is 10.5. The molecule has 0 bridgehead atoms. The second kappa shape index (κ2) is 10.8. The predicted octanol–water partition coefficient (Wildman–Crippen LogP) is 5.85. The average Bonchev–Trinajstić information content (AvgIpc) is 2.76. The number of piperazine rings is 1. The van der Waals surface area contributed by atoms with Crippen LogP contribution in [0.15, 0.2) is 52.7 Å². The molecule has 7 nitrogen and oxygen atoms in total. The number of anilines is 1. The molecule has 160 valence electrons. The van der Waals surface area contributed by atoms with Gasteiger partial charge in [-0.15, -0.1) is 5.11 Å². The van der Waals surface area contributed by atoms with E-state index in [2.05, 4.69) is 27.0 Å². The van der Waals surface area contributed by atoms with Crippen LogP contribution in [0.5, 0.6) is 0 Å². The van der Waals surface area contributed by atoms with E-state index in [0.717, 1.165) is 38.4 Å². The van der Waals surface area contributed by atoms with Gasteiger partial charge in [0.25, 0.3) is 5.69 Å². The zero-order chi connectivity index (χ0) is 21.3. The van der Waals surface area contributed by atoms with Crippen molar-refractivity contribution in [3.63, 3.8) is 0 Å². The molecular formula is C22H28FN5O2. The molecule has 2 aromatic rings. The Kier molecular flexibility index (Phi) is 7.84. The molecule has 1 aliphatic rings. The number of rotatable bonds is 9. The van der Waals surface area contributed by atoms with Gasteiger partial charge in [-0.05, 0) is 43.3 Å². The SMILES string of the molecule is CCCCCCN1CCN(c2ccc(N=Nc3ccc([N+](=O)[O-])cc3)c(F)c2)CC1. The summed E-state index contributed by atoms with van der Waals surface area (Å²) in [6.07, 6.45) is 5.09. The van der Waals surface area contributed by atoms with Crippen LogP contribution in [0, 0.1) is 15.9 Å². The third-order valence-electron chi connectivity index (χ3n) is 5.33. The number of unbranched alkanes of at least 4 members (excludes halogenated alkanes) is 3. The highest BCUT2D eigenvalue weighted by Gasteiger charge is 2.17. The lowest BCUT2D eigenvalue weighted by Gasteiger charge is -2.36. The van der Waals surface area contributed by atoms with Crippen LogP contribution in [-0.4, -0.2) is 42.5 Å². The minimum Gasteiger partial charge on any atom is -0.369 e. The van der Waals surface area contributed by atoms with Gasteiger partial charge in [0, 0.05) is 44.0 Å². The van der Waals surface area contributed by atoms with Crippen LogP contribution in [-0.2, 0) is 0 Å². The molecule has 30 heavy (non-hydrogen) atoms. The first-order valence-electron chi connectivity index (χ1n) is 10.5. The van der Waals surface area contributed by atoms with Crippen molar-refractivity contribution in [2.75, 3.05) is 37.6 Å². The van der Waals surface area contributed by atoms with Crippen LogP contribution in [0.3, 0.4) is 0 Å². The monoisotopic (exact) mass is 413 g/mol. The van der Waals surface area contributed by atoms with Gasteiger partial charge in [0.2, 0.25) is 0 Å². The number of nitrogens with zero attached hydrogens (tertiary/aromatic N) is 5. The lowest BCUT2D eigenvalue weighted by molar-refractivity contribution is -0.384. The highest BCUT2D eigenvalue weighted by atomic mass is 19.1. The van der Waals surface area contributed by atoms with Gasteiger partial charge >= 0.3 is 0 Å². The molecule has 0 aromatic heterocycles. The molecule has 8 heteroatoms. The number of nitro groups is 1. The number of hydrogen-bond donors (Lipinski definition) is 0. The number of halogens is 1. The van der Waals surface area contributed by atoms with Crippen LogP contribution in [0.1, 0.15) is 32.6 Å². The van der Waals surface area contributed by atoms with E-state index in [1.807, 2.05) is 6.07 Å². The van der Waals surface area contributed by atoms with Crippen molar-refractivity contribution in [3.8, 4) is 0 Å². The Balaban J connectivity index is 1.54. The highest BCUT2D eigenvalue weighted by Crippen LogP contribution is 2.27. The zero-order valence-corrected chi connectivity index (χ0v) is 17.3. The van der Waals surface area contributed by atoms with Crippen LogP contribution in [0.2, 0.25) is 0 Å². The summed E-state index contributed by atoms with van der Waals surface area (Å²) in [6, 6.07) is 10.6. The fraction of sp³-hybridized carbons (Fsp3) is 0.455. The number of nitro benzene ring substituents is 1. The Labute approximate surface area is 176 Å². The third-order valence-corrected chi connectivity index (χ3v) is 5.33. The van der Waals surface area contributed by atoms with E-state index >= 15 is 0 Å². The number of benzene rings is 2. The maximum absolute atomic E-state index is 14.5. The van der Waals surface area contributed by atoms with E-state index in [4.69, 9.17) is 0 Å². The second-order valence-electron chi connectivity index (χ2n) is 7.50. The largest absolute Gasteiger partial charge is 0.369 e. The summed E-state index contributed by atoms with van der Waals surface area (Å²) in [6.45, 7) is 7.13. The van der Waals surface area contributed by atoms with Gasteiger partial charge in [-0.2, -0.15) is 5.11 Å². The van der Waals surface area contributed by atoms with E-state index < -0.39 is 10.7 Å². The molecule has 0 unspecified atom stereocenters. The number of azo groups is 1. The fourth-order valence-corrected chi connectivity index (χ4v) is 3.52. The van der Waals surface area contributed by atoms with Crippen molar-refractivity contribution in [2.24, 2.45) is 10.2 Å². The summed E-state index contributed by atoms with van der Waals surface area (Å²) < 4.78 is 14.5. The minimum atomic E-state index is -0.481. The van der Waals surface area contributed by atoms with Gasteiger partial charge in [-0.1, -0.05) is 26.2 Å². The number of non-ortho nitro benzene ring substituents is 1. The Hall–Kier alpha value is -2.87. The van der Waals surface area contributed by atoms with Crippen molar-refractivity contribution >= 4 is 22.7 Å². The summed E-state index contributed by atoms with van der Waals surface area (Å²) >= 11 is 0. The molecule has 1 saturated heterocycles. The standard InChI is InChI=1S/C22H28FN5O2/c1-2-3-4-5-12-26-13-15-27(16-14-26)20-10-11-22(21(23)17-20)25-24-18-6-8-19(9-7-18)28(29)30/h6-11,17H,2-5,12-16H2,1H3. The smallest absolute Gasteiger partial charge is 0.269 e. The van der Waals surface area contributed by atoms with E-state index in [9.17, 15) is 14.5 Å². The lowest BCUT2D eigenvalue weighted by atomic mass is 10.2. The first-order chi connectivity index (χ1) is 14.6. The van der Waals surface area contributed by atoms with Gasteiger partial charge < -0.3 is 4.90 Å². The molecule has 0 spiro atoms. The molecule has 0 amide bonds. The summed E-state index contributed by atoms with van der Waals surface area (Å²) in [7, 11) is 0. The topological polar surface area (TPSA) is 74.3 Å². The van der Waals surface area contributed by atoms with Crippen LogP contribution >= 0.6 is 0 Å². The molecular weight excluding hydrogens is 385 g/mol. The maximum atomic E-state index is 14.5. The maximum Gasteiger partial charge on any atom is 0.269 e. The average molecular weight is 413 g/mol. The lowest BCUT2D eigenvalue weighted by Crippen LogP contribution is -2.46. The molecule has 1 heterocycles. The molecule has 0 N–H and O–H groups in total. The van der Waals surface area contributed by atoms with Crippen molar-refractivity contribution in [1.82, 2.24) is 4.90 Å². The van der Waals surface area contributed by atoms with Crippen LogP contribution in [0.25, 0.3) is 0 Å². The van der Waals surface area contributed by atoms with Crippen molar-refractivity contribution in [2.45, 2.75) is 32.6 Å².